The van der Waals surface area contributed by atoms with E-state index in [0.29, 0.717) is 11.3 Å². The number of nitrogens with one attached hydrogen (secondary N) is 1. The monoisotopic (exact) mass is 357 g/mol. The zero-order chi connectivity index (χ0) is 19.1. The molecule has 136 valence electrons. The van der Waals surface area contributed by atoms with Crippen LogP contribution in [0, 0.1) is 0 Å². The number of anilines is 1. The molecule has 0 aliphatic heterocycles. The van der Waals surface area contributed by atoms with E-state index >= 15 is 0 Å². The maximum Gasteiger partial charge on any atom is 0.337 e. The number of ketones is 1. The highest BCUT2D eigenvalue weighted by molar-refractivity contribution is 6.02. The van der Waals surface area contributed by atoms with Crippen molar-refractivity contribution < 1.29 is 29.0 Å². The highest BCUT2D eigenvalue weighted by Gasteiger charge is 2.15. The van der Waals surface area contributed by atoms with Gasteiger partial charge in [-0.3, -0.25) is 9.59 Å². The minimum Gasteiger partial charge on any atom is -0.506 e. The second-order valence-electron chi connectivity index (χ2n) is 5.40. The smallest absolute Gasteiger partial charge is 0.337 e. The van der Waals surface area contributed by atoms with Gasteiger partial charge in [-0.2, -0.15) is 0 Å². The van der Waals surface area contributed by atoms with Gasteiger partial charge in [0.15, 0.2) is 5.78 Å². The van der Waals surface area contributed by atoms with Gasteiger partial charge in [0.2, 0.25) is 5.91 Å². The molecule has 0 radical (unpaired) electrons. The number of benzene rings is 2. The number of hydrogen-bond acceptors (Lipinski definition) is 6. The number of carbonyl (C=O) groups excluding carboxylic acids is 3. The van der Waals surface area contributed by atoms with Crippen molar-refractivity contribution in [3.8, 4) is 11.5 Å². The Morgan fingerprint density at radius 2 is 1.77 bits per heavy atom. The summed E-state index contributed by atoms with van der Waals surface area (Å²) < 4.78 is 9.69. The largest absolute Gasteiger partial charge is 0.506 e. The molecular weight excluding hydrogens is 338 g/mol. The Labute approximate surface area is 150 Å². The molecule has 2 rings (SSSR count). The number of carbonyl (C=O) groups is 3. The zero-order valence-electron chi connectivity index (χ0n) is 14.4. The lowest BCUT2D eigenvalue weighted by atomic mass is 10.1. The van der Waals surface area contributed by atoms with E-state index in [1.54, 1.807) is 24.3 Å². The van der Waals surface area contributed by atoms with Crippen molar-refractivity contribution in [3.05, 3.63) is 53.6 Å². The van der Waals surface area contributed by atoms with Crippen LogP contribution in [0.3, 0.4) is 0 Å². The van der Waals surface area contributed by atoms with Crippen molar-refractivity contribution >= 4 is 23.3 Å². The van der Waals surface area contributed by atoms with Crippen LogP contribution in [0.15, 0.2) is 42.5 Å². The third-order valence-corrected chi connectivity index (χ3v) is 3.68. The molecule has 26 heavy (non-hydrogen) atoms. The molecule has 0 fully saturated rings. The number of para-hydroxylation sites is 1. The molecule has 0 saturated heterocycles. The fourth-order valence-electron chi connectivity index (χ4n) is 2.33. The third kappa shape index (κ3) is 4.60. The SMILES string of the molecule is COC(=O)c1ccc(NC(=O)CCC(=O)c2ccccc2OC)c(O)c1. The number of amides is 1. The van der Waals surface area contributed by atoms with Crippen LogP contribution < -0.4 is 10.1 Å². The molecular formula is C19H19NO6. The molecule has 0 saturated carbocycles. The van der Waals surface area contributed by atoms with Gasteiger partial charge in [0.25, 0.3) is 0 Å². The van der Waals surface area contributed by atoms with Crippen molar-refractivity contribution in [3.63, 3.8) is 0 Å². The molecule has 2 aromatic rings. The summed E-state index contributed by atoms with van der Waals surface area (Å²) in [6.45, 7) is 0. The molecule has 7 heteroatoms. The van der Waals surface area contributed by atoms with Gasteiger partial charge in [0.05, 0.1) is 31.0 Å². The van der Waals surface area contributed by atoms with Crippen LogP contribution >= 0.6 is 0 Å². The molecule has 0 atom stereocenters. The van der Waals surface area contributed by atoms with E-state index < -0.39 is 11.9 Å². The van der Waals surface area contributed by atoms with E-state index in [9.17, 15) is 19.5 Å². The van der Waals surface area contributed by atoms with Crippen molar-refractivity contribution in [2.24, 2.45) is 0 Å². The first-order valence-corrected chi connectivity index (χ1v) is 7.83. The number of phenols is 1. The number of esters is 1. The summed E-state index contributed by atoms with van der Waals surface area (Å²) in [5.41, 5.74) is 0.717. The van der Waals surface area contributed by atoms with E-state index in [1.807, 2.05) is 0 Å². The van der Waals surface area contributed by atoms with Gasteiger partial charge >= 0.3 is 5.97 Å². The predicted molar refractivity (Wildman–Crippen MR) is 94.6 cm³/mol. The number of hydrogen-bond donors (Lipinski definition) is 2. The Hall–Kier alpha value is -3.35. The first-order chi connectivity index (χ1) is 12.5. The third-order valence-electron chi connectivity index (χ3n) is 3.68. The average Bonchev–Trinajstić information content (AvgIpc) is 2.66. The number of Topliss-reactive ketones (excluding diaryl/α,β-unsaturated/α-hetero) is 1. The summed E-state index contributed by atoms with van der Waals surface area (Å²) in [4.78, 5) is 35.7. The molecule has 1 amide bonds. The Bertz CT molecular complexity index is 831. The lowest BCUT2D eigenvalue weighted by Crippen LogP contribution is -2.14. The molecule has 2 aromatic carbocycles. The summed E-state index contributed by atoms with van der Waals surface area (Å²) in [6, 6.07) is 10.8. The maximum absolute atomic E-state index is 12.2. The van der Waals surface area contributed by atoms with Crippen LogP contribution in [0.25, 0.3) is 0 Å². The zero-order valence-corrected chi connectivity index (χ0v) is 14.4. The Morgan fingerprint density at radius 1 is 1.04 bits per heavy atom. The number of phenolic OH excluding ortho intramolecular Hbond substituents is 1. The van der Waals surface area contributed by atoms with Crippen molar-refractivity contribution in [1.29, 1.82) is 0 Å². The van der Waals surface area contributed by atoms with E-state index in [4.69, 9.17) is 4.74 Å². The van der Waals surface area contributed by atoms with E-state index in [-0.39, 0.29) is 35.6 Å². The molecule has 0 aromatic heterocycles. The van der Waals surface area contributed by atoms with E-state index in [1.165, 1.54) is 32.4 Å². The highest BCUT2D eigenvalue weighted by atomic mass is 16.5. The molecule has 2 N–H and O–H groups in total. The van der Waals surface area contributed by atoms with Gasteiger partial charge in [-0.05, 0) is 30.3 Å². The number of aromatic hydroxyl groups is 1. The lowest BCUT2D eigenvalue weighted by Gasteiger charge is -2.09. The molecule has 0 spiro atoms. The molecule has 0 aliphatic rings. The summed E-state index contributed by atoms with van der Waals surface area (Å²) in [7, 11) is 2.70. The van der Waals surface area contributed by atoms with Gasteiger partial charge in [0, 0.05) is 12.8 Å². The second-order valence-corrected chi connectivity index (χ2v) is 5.40. The molecule has 0 bridgehead atoms. The van der Waals surface area contributed by atoms with Crippen molar-refractivity contribution in [2.45, 2.75) is 12.8 Å². The van der Waals surface area contributed by atoms with Crippen molar-refractivity contribution in [1.82, 2.24) is 0 Å². The Kier molecular flexibility index (Phi) is 6.32. The number of methoxy groups -OCH3 is 2. The van der Waals surface area contributed by atoms with Crippen LogP contribution in [-0.2, 0) is 9.53 Å². The average molecular weight is 357 g/mol. The number of ether oxygens (including phenoxy) is 2. The maximum atomic E-state index is 12.2. The Morgan fingerprint density at radius 3 is 2.42 bits per heavy atom. The van der Waals surface area contributed by atoms with E-state index in [2.05, 4.69) is 10.1 Å². The van der Waals surface area contributed by atoms with Gasteiger partial charge in [0.1, 0.15) is 11.5 Å². The predicted octanol–water partition coefficient (Wildman–Crippen LogP) is 2.79. The fraction of sp³-hybridized carbons (Fsp3) is 0.211. The molecule has 7 nitrogen and oxygen atoms in total. The van der Waals surface area contributed by atoms with Crippen LogP contribution in [0.1, 0.15) is 33.6 Å². The van der Waals surface area contributed by atoms with Crippen LogP contribution in [-0.4, -0.2) is 37.0 Å². The molecule has 0 unspecified atom stereocenters. The second kappa shape index (κ2) is 8.66. The fourth-order valence-corrected chi connectivity index (χ4v) is 2.33. The van der Waals surface area contributed by atoms with Gasteiger partial charge in [-0.1, -0.05) is 12.1 Å². The lowest BCUT2D eigenvalue weighted by molar-refractivity contribution is -0.116. The van der Waals surface area contributed by atoms with Crippen LogP contribution in [0.5, 0.6) is 11.5 Å². The Balaban J connectivity index is 1.97. The summed E-state index contributed by atoms with van der Waals surface area (Å²) in [5, 5.41) is 12.4. The summed E-state index contributed by atoms with van der Waals surface area (Å²) in [5.74, 6) is -1.07. The first-order valence-electron chi connectivity index (χ1n) is 7.83. The topological polar surface area (TPSA) is 102 Å². The standard InChI is InChI=1S/C19H19NO6/c1-25-17-6-4-3-5-13(17)15(21)9-10-18(23)20-14-8-7-12(11-16(14)22)19(24)26-2/h3-8,11,22H,9-10H2,1-2H3,(H,20,23). The summed E-state index contributed by atoms with van der Waals surface area (Å²) >= 11 is 0. The van der Waals surface area contributed by atoms with Gasteiger partial charge in [-0.25, -0.2) is 4.79 Å². The minimum absolute atomic E-state index is 0.00673. The first kappa shape index (κ1) is 19.0. The minimum atomic E-state index is -0.597. The normalized spacial score (nSPS) is 10.1. The molecule has 0 aliphatic carbocycles. The van der Waals surface area contributed by atoms with Gasteiger partial charge in [-0.15, -0.1) is 0 Å². The summed E-state index contributed by atoms with van der Waals surface area (Å²) in [6.07, 6.45) is -0.0672. The van der Waals surface area contributed by atoms with Gasteiger partial charge < -0.3 is 19.9 Å². The van der Waals surface area contributed by atoms with Crippen molar-refractivity contribution in [2.75, 3.05) is 19.5 Å². The number of rotatable bonds is 7. The van der Waals surface area contributed by atoms with Crippen LogP contribution in [0.4, 0.5) is 5.69 Å². The van der Waals surface area contributed by atoms with Crippen LogP contribution in [0.2, 0.25) is 0 Å². The van der Waals surface area contributed by atoms with E-state index in [0.717, 1.165) is 0 Å². The molecule has 0 heterocycles. The quantitative estimate of drug-likeness (QED) is 0.449. The highest BCUT2D eigenvalue weighted by Crippen LogP contribution is 2.25.